The fraction of sp³-hybridized carbons (Fsp3) is 0.263. The topological polar surface area (TPSA) is 106 Å². The Kier molecular flexibility index (Phi) is 5.11. The standard InChI is InChI=1S/C19H18ClN3O4S/c20-16-7-11-6-13(22-18(11)28-16)17(26)21-14-5-10-3-1-2-4-15(10)23(19(14)27)8-12(25)9-24/h1-4,6-7,12,14,22,24-25H,5,8-9H2,(H,21,26)/t12-,14-/m1/s1. The van der Waals surface area contributed by atoms with Crippen LogP contribution >= 0.6 is 22.9 Å². The highest BCUT2D eigenvalue weighted by Crippen LogP contribution is 2.30. The molecule has 9 heteroatoms. The predicted octanol–water partition coefficient (Wildman–Crippen LogP) is 1.92. The van der Waals surface area contributed by atoms with Crippen molar-refractivity contribution in [2.75, 3.05) is 18.1 Å². The van der Waals surface area contributed by atoms with E-state index in [1.807, 2.05) is 12.1 Å². The Balaban J connectivity index is 1.57. The molecule has 0 saturated carbocycles. The van der Waals surface area contributed by atoms with Gasteiger partial charge in [0.15, 0.2) is 0 Å². The number of aromatic nitrogens is 1. The van der Waals surface area contributed by atoms with Gasteiger partial charge in [-0.1, -0.05) is 29.8 Å². The second kappa shape index (κ2) is 7.56. The van der Waals surface area contributed by atoms with Gasteiger partial charge in [-0.2, -0.15) is 0 Å². The summed E-state index contributed by atoms with van der Waals surface area (Å²) in [6.45, 7) is -0.500. The van der Waals surface area contributed by atoms with Gasteiger partial charge in [0.1, 0.15) is 16.6 Å². The summed E-state index contributed by atoms with van der Waals surface area (Å²) in [6.07, 6.45) is -0.709. The summed E-state index contributed by atoms with van der Waals surface area (Å²) in [5.74, 6) is -0.712. The number of aliphatic hydroxyl groups excluding tert-OH is 2. The van der Waals surface area contributed by atoms with Gasteiger partial charge in [-0.05, 0) is 23.8 Å². The summed E-state index contributed by atoms with van der Waals surface area (Å²) < 4.78 is 0.630. The average molecular weight is 420 g/mol. The van der Waals surface area contributed by atoms with Crippen molar-refractivity contribution in [1.82, 2.24) is 10.3 Å². The van der Waals surface area contributed by atoms with Gasteiger partial charge in [0.05, 0.1) is 23.6 Å². The lowest BCUT2D eigenvalue weighted by Crippen LogP contribution is -2.54. The van der Waals surface area contributed by atoms with Gasteiger partial charge in [-0.3, -0.25) is 9.59 Å². The Morgan fingerprint density at radius 1 is 1.39 bits per heavy atom. The molecule has 3 aromatic rings. The first-order valence-electron chi connectivity index (χ1n) is 8.73. The summed E-state index contributed by atoms with van der Waals surface area (Å²) in [6, 6.07) is 10.0. The van der Waals surface area contributed by atoms with E-state index in [1.54, 1.807) is 24.3 Å². The van der Waals surface area contributed by atoms with Crippen LogP contribution in [0, 0.1) is 0 Å². The van der Waals surface area contributed by atoms with Gasteiger partial charge in [0, 0.05) is 17.5 Å². The maximum Gasteiger partial charge on any atom is 0.268 e. The number of thiophene rings is 1. The minimum absolute atomic E-state index is 0.0462. The van der Waals surface area contributed by atoms with Gasteiger partial charge in [0.2, 0.25) is 5.91 Å². The lowest BCUT2D eigenvalue weighted by Gasteiger charge is -2.35. The number of nitrogens with one attached hydrogen (secondary N) is 2. The van der Waals surface area contributed by atoms with E-state index in [9.17, 15) is 14.7 Å². The van der Waals surface area contributed by atoms with Crippen molar-refractivity contribution in [1.29, 1.82) is 0 Å². The fourth-order valence-corrected chi connectivity index (χ4v) is 4.51. The van der Waals surface area contributed by atoms with Crippen LogP contribution in [0.15, 0.2) is 36.4 Å². The number of rotatable bonds is 5. The highest BCUT2D eigenvalue weighted by atomic mass is 35.5. The number of aliphatic hydroxyl groups is 2. The first-order chi connectivity index (χ1) is 13.5. The second-order valence-corrected chi connectivity index (χ2v) is 8.35. The molecule has 7 nitrogen and oxygen atoms in total. The monoisotopic (exact) mass is 419 g/mol. The van der Waals surface area contributed by atoms with Crippen LogP contribution in [0.2, 0.25) is 4.34 Å². The molecule has 2 aromatic heterocycles. The molecule has 2 amide bonds. The number of β-amino-alcohol motifs (C(OH)–C–C–N with tert-alkyl or cyclic N) is 1. The molecule has 0 aliphatic carbocycles. The molecule has 1 aliphatic heterocycles. The molecule has 0 spiro atoms. The molecule has 146 valence electrons. The van der Waals surface area contributed by atoms with Crippen LogP contribution < -0.4 is 10.2 Å². The third-order valence-corrected chi connectivity index (χ3v) is 5.90. The van der Waals surface area contributed by atoms with Crippen molar-refractivity contribution in [3.63, 3.8) is 0 Å². The molecule has 4 rings (SSSR count). The number of H-pyrrole nitrogens is 1. The molecule has 28 heavy (non-hydrogen) atoms. The quantitative estimate of drug-likeness (QED) is 0.507. The Morgan fingerprint density at radius 2 is 2.18 bits per heavy atom. The van der Waals surface area contributed by atoms with E-state index in [2.05, 4.69) is 10.3 Å². The van der Waals surface area contributed by atoms with Crippen LogP contribution in [0.3, 0.4) is 0 Å². The minimum atomic E-state index is -1.06. The number of carbonyl (C=O) groups is 2. The maximum absolute atomic E-state index is 13.0. The van der Waals surface area contributed by atoms with E-state index in [0.29, 0.717) is 22.1 Å². The fourth-order valence-electron chi connectivity index (χ4n) is 3.38. The summed E-state index contributed by atoms with van der Waals surface area (Å²) >= 11 is 7.30. The molecule has 1 aromatic carbocycles. The third-order valence-electron chi connectivity index (χ3n) is 4.70. The number of hydrogen-bond acceptors (Lipinski definition) is 5. The van der Waals surface area contributed by atoms with Gasteiger partial charge < -0.3 is 25.4 Å². The summed E-state index contributed by atoms with van der Waals surface area (Å²) in [5, 5.41) is 22.6. The number of aromatic amines is 1. The van der Waals surface area contributed by atoms with Crippen molar-refractivity contribution in [2.24, 2.45) is 0 Å². The van der Waals surface area contributed by atoms with Crippen LogP contribution in [0.25, 0.3) is 10.2 Å². The van der Waals surface area contributed by atoms with Crippen molar-refractivity contribution in [3.05, 3.63) is 52.0 Å². The summed E-state index contributed by atoms with van der Waals surface area (Å²) in [7, 11) is 0. The first-order valence-corrected chi connectivity index (χ1v) is 9.93. The molecule has 2 atom stereocenters. The lowest BCUT2D eigenvalue weighted by atomic mass is 9.96. The molecule has 1 aliphatic rings. The van der Waals surface area contributed by atoms with Crippen LogP contribution in [0.5, 0.6) is 0 Å². The Labute approximate surface area is 169 Å². The summed E-state index contributed by atoms with van der Waals surface area (Å²) in [5.41, 5.74) is 1.92. The average Bonchev–Trinajstić information content (AvgIpc) is 3.22. The molecule has 3 heterocycles. The molecule has 0 unspecified atom stereocenters. The Morgan fingerprint density at radius 3 is 2.93 bits per heavy atom. The van der Waals surface area contributed by atoms with Crippen molar-refractivity contribution in [3.8, 4) is 0 Å². The van der Waals surface area contributed by atoms with Crippen LogP contribution in [0.1, 0.15) is 16.1 Å². The number of para-hydroxylation sites is 1. The molecule has 0 bridgehead atoms. The normalized spacial score (nSPS) is 17.6. The largest absolute Gasteiger partial charge is 0.394 e. The van der Waals surface area contributed by atoms with E-state index in [4.69, 9.17) is 16.7 Å². The van der Waals surface area contributed by atoms with Crippen LogP contribution in [0.4, 0.5) is 5.69 Å². The van der Waals surface area contributed by atoms with Gasteiger partial charge >= 0.3 is 0 Å². The zero-order valence-electron chi connectivity index (χ0n) is 14.7. The van der Waals surface area contributed by atoms with Gasteiger partial charge in [-0.25, -0.2) is 0 Å². The summed E-state index contributed by atoms with van der Waals surface area (Å²) in [4.78, 5) is 30.9. The lowest BCUT2D eigenvalue weighted by molar-refractivity contribution is -0.121. The highest BCUT2D eigenvalue weighted by Gasteiger charge is 2.34. The number of amides is 2. The van der Waals surface area contributed by atoms with Crippen LogP contribution in [-0.2, 0) is 11.2 Å². The first kappa shape index (κ1) is 18.9. The van der Waals surface area contributed by atoms with E-state index >= 15 is 0 Å². The van der Waals surface area contributed by atoms with E-state index in [1.165, 1.54) is 16.2 Å². The SMILES string of the molecule is O=C(N[C@@H]1Cc2ccccc2N(C[C@@H](O)CO)C1=O)c1cc2cc(Cl)sc2[nH]1. The number of halogens is 1. The van der Waals surface area contributed by atoms with E-state index in [-0.39, 0.29) is 18.4 Å². The van der Waals surface area contributed by atoms with E-state index < -0.39 is 18.8 Å². The number of nitrogens with zero attached hydrogens (tertiary/aromatic N) is 1. The van der Waals surface area contributed by atoms with Crippen molar-refractivity contribution < 1.29 is 19.8 Å². The molecule has 0 fully saturated rings. The number of anilines is 1. The number of fused-ring (bicyclic) bond motifs is 2. The third kappa shape index (κ3) is 3.51. The highest BCUT2D eigenvalue weighted by molar-refractivity contribution is 7.22. The zero-order chi connectivity index (χ0) is 19.8. The molecule has 0 saturated heterocycles. The number of hydrogen-bond donors (Lipinski definition) is 4. The Bertz CT molecular complexity index is 1020. The molecule has 4 N–H and O–H groups in total. The smallest absolute Gasteiger partial charge is 0.268 e. The number of carbonyl (C=O) groups excluding carboxylic acids is 2. The minimum Gasteiger partial charge on any atom is -0.394 e. The van der Waals surface area contributed by atoms with Crippen LogP contribution in [-0.4, -0.2) is 52.3 Å². The Hall–Kier alpha value is -2.39. The van der Waals surface area contributed by atoms with Crippen molar-refractivity contribution >= 4 is 50.7 Å². The molecule has 0 radical (unpaired) electrons. The van der Waals surface area contributed by atoms with Crippen molar-refractivity contribution in [2.45, 2.75) is 18.6 Å². The maximum atomic E-state index is 13.0. The predicted molar refractivity (Wildman–Crippen MR) is 108 cm³/mol. The second-order valence-electron chi connectivity index (χ2n) is 6.66. The van der Waals surface area contributed by atoms with Gasteiger partial charge in [-0.15, -0.1) is 11.3 Å². The van der Waals surface area contributed by atoms with Gasteiger partial charge in [0.25, 0.3) is 5.91 Å². The number of benzene rings is 1. The zero-order valence-corrected chi connectivity index (χ0v) is 16.3. The molecular weight excluding hydrogens is 402 g/mol. The van der Waals surface area contributed by atoms with E-state index in [0.717, 1.165) is 15.8 Å². The molecular formula is C19H18ClN3O4S.